The molecule has 0 saturated carbocycles. The summed E-state index contributed by atoms with van der Waals surface area (Å²) in [5, 5.41) is 4.74. The lowest BCUT2D eigenvalue weighted by Gasteiger charge is -2.31. The largest absolute Gasteiger partial charge is 0.379 e. The third kappa shape index (κ3) is 5.08. The van der Waals surface area contributed by atoms with Gasteiger partial charge in [0.05, 0.1) is 24.9 Å². The Bertz CT molecular complexity index is 985. The van der Waals surface area contributed by atoms with E-state index in [9.17, 15) is 4.79 Å². The molecule has 1 aliphatic rings. The van der Waals surface area contributed by atoms with Gasteiger partial charge < -0.3 is 10.1 Å². The number of nitrogens with one attached hydrogen (secondary N) is 1. The topological polar surface area (TPSA) is 54.5 Å². The number of hydrogen-bond acceptors (Lipinski definition) is 5. The van der Waals surface area contributed by atoms with Crippen LogP contribution in [0.5, 0.6) is 0 Å². The van der Waals surface area contributed by atoms with Crippen molar-refractivity contribution in [2.24, 2.45) is 0 Å². The van der Waals surface area contributed by atoms with E-state index in [-0.39, 0.29) is 11.9 Å². The van der Waals surface area contributed by atoms with Crippen LogP contribution in [0.15, 0.2) is 54.6 Å². The third-order valence-corrected chi connectivity index (χ3v) is 6.60. The van der Waals surface area contributed by atoms with Crippen LogP contribution < -0.4 is 5.32 Å². The monoisotopic (exact) mass is 441 g/mol. The fourth-order valence-electron chi connectivity index (χ4n) is 3.51. The fraction of sp³-hybridized carbons (Fsp3) is 0.304. The molecular weight excluding hydrogens is 418 g/mol. The molecule has 4 rings (SSSR count). The SMILES string of the molecule is Cc1nc(-c2ccc(Cl)cc2)sc1C(=O)N[C@H](CN1CCOCC1)c1ccccc1. The normalized spacial score (nSPS) is 15.7. The summed E-state index contributed by atoms with van der Waals surface area (Å²) in [5.74, 6) is -0.0904. The Morgan fingerprint density at radius 1 is 1.17 bits per heavy atom. The van der Waals surface area contributed by atoms with Crippen molar-refractivity contribution in [2.75, 3.05) is 32.8 Å². The van der Waals surface area contributed by atoms with Gasteiger partial charge in [-0.05, 0) is 24.6 Å². The zero-order valence-corrected chi connectivity index (χ0v) is 18.4. The molecule has 2 heterocycles. The average molecular weight is 442 g/mol. The number of hydrogen-bond donors (Lipinski definition) is 1. The first-order valence-corrected chi connectivity index (χ1v) is 11.2. The van der Waals surface area contributed by atoms with Gasteiger partial charge in [0, 0.05) is 30.2 Å². The summed E-state index contributed by atoms with van der Waals surface area (Å²) in [7, 11) is 0. The minimum atomic E-state index is -0.0997. The fourth-order valence-corrected chi connectivity index (χ4v) is 4.61. The average Bonchev–Trinajstić information content (AvgIpc) is 3.17. The maximum Gasteiger partial charge on any atom is 0.263 e. The standard InChI is InChI=1S/C23H24ClN3O2S/c1-16-21(30-23(25-16)18-7-9-19(24)10-8-18)22(28)26-20(17-5-3-2-4-6-17)15-27-11-13-29-14-12-27/h2-10,20H,11-15H2,1H3,(H,26,28)/t20-/m1/s1. The summed E-state index contributed by atoms with van der Waals surface area (Å²) in [5.41, 5.74) is 2.79. The number of benzene rings is 2. The van der Waals surface area contributed by atoms with Crippen molar-refractivity contribution >= 4 is 28.8 Å². The van der Waals surface area contributed by atoms with Gasteiger partial charge in [-0.1, -0.05) is 54.1 Å². The van der Waals surface area contributed by atoms with Crippen LogP contribution in [0.2, 0.25) is 5.02 Å². The number of thiazole rings is 1. The Hall–Kier alpha value is -2.25. The predicted molar refractivity (Wildman–Crippen MR) is 121 cm³/mol. The van der Waals surface area contributed by atoms with Crippen LogP contribution in [0.4, 0.5) is 0 Å². The number of aryl methyl sites for hydroxylation is 1. The molecule has 30 heavy (non-hydrogen) atoms. The van der Waals surface area contributed by atoms with E-state index in [0.717, 1.165) is 54.7 Å². The van der Waals surface area contributed by atoms with E-state index < -0.39 is 0 Å². The highest BCUT2D eigenvalue weighted by Crippen LogP contribution is 2.29. The van der Waals surface area contributed by atoms with Crippen molar-refractivity contribution in [3.63, 3.8) is 0 Å². The second kappa shape index (κ2) is 9.71. The van der Waals surface area contributed by atoms with Gasteiger partial charge in [0.1, 0.15) is 9.88 Å². The van der Waals surface area contributed by atoms with Crippen molar-refractivity contribution in [2.45, 2.75) is 13.0 Å². The molecule has 1 N–H and O–H groups in total. The molecule has 3 aromatic rings. The second-order valence-corrected chi connectivity index (χ2v) is 8.73. The molecule has 156 valence electrons. The highest BCUT2D eigenvalue weighted by Gasteiger charge is 2.23. The van der Waals surface area contributed by atoms with E-state index in [1.165, 1.54) is 11.3 Å². The summed E-state index contributed by atoms with van der Waals surface area (Å²) in [6, 6.07) is 17.5. The highest BCUT2D eigenvalue weighted by molar-refractivity contribution is 7.17. The van der Waals surface area contributed by atoms with Gasteiger partial charge in [0.2, 0.25) is 0 Å². The van der Waals surface area contributed by atoms with E-state index in [2.05, 4.69) is 27.3 Å². The zero-order chi connectivity index (χ0) is 20.9. The number of halogens is 1. The Labute approximate surface area is 185 Å². The Kier molecular flexibility index (Phi) is 6.79. The van der Waals surface area contributed by atoms with Crippen LogP contribution in [0.3, 0.4) is 0 Å². The van der Waals surface area contributed by atoms with Gasteiger partial charge in [0.25, 0.3) is 5.91 Å². The molecule has 1 aromatic heterocycles. The number of rotatable bonds is 6. The van der Waals surface area contributed by atoms with Crippen LogP contribution in [-0.2, 0) is 4.74 Å². The van der Waals surface area contributed by atoms with E-state index in [1.54, 1.807) is 0 Å². The molecule has 1 amide bonds. The lowest BCUT2D eigenvalue weighted by atomic mass is 10.1. The predicted octanol–water partition coefficient (Wildman–Crippen LogP) is 4.58. The molecule has 1 saturated heterocycles. The van der Waals surface area contributed by atoms with Crippen LogP contribution in [0.1, 0.15) is 27.0 Å². The van der Waals surface area contributed by atoms with Crippen LogP contribution in [-0.4, -0.2) is 48.6 Å². The van der Waals surface area contributed by atoms with Crippen molar-refractivity contribution in [3.05, 3.63) is 75.8 Å². The first-order valence-electron chi connectivity index (χ1n) is 9.99. The number of amides is 1. The lowest BCUT2D eigenvalue weighted by molar-refractivity contribution is 0.0332. The summed E-state index contributed by atoms with van der Waals surface area (Å²) >= 11 is 7.40. The molecule has 7 heteroatoms. The summed E-state index contributed by atoms with van der Waals surface area (Å²) in [6.45, 7) is 5.84. The van der Waals surface area contributed by atoms with Crippen molar-refractivity contribution < 1.29 is 9.53 Å². The van der Waals surface area contributed by atoms with Crippen LogP contribution >= 0.6 is 22.9 Å². The molecule has 1 fully saturated rings. The maximum atomic E-state index is 13.2. The number of aromatic nitrogens is 1. The molecular formula is C23H24ClN3O2S. The molecule has 5 nitrogen and oxygen atoms in total. The highest BCUT2D eigenvalue weighted by atomic mass is 35.5. The Balaban J connectivity index is 1.54. The molecule has 0 radical (unpaired) electrons. The smallest absolute Gasteiger partial charge is 0.263 e. The van der Waals surface area contributed by atoms with Gasteiger partial charge in [-0.15, -0.1) is 11.3 Å². The van der Waals surface area contributed by atoms with Gasteiger partial charge in [-0.25, -0.2) is 4.98 Å². The van der Waals surface area contributed by atoms with Gasteiger partial charge in [0.15, 0.2) is 0 Å². The third-order valence-electron chi connectivity index (χ3n) is 5.15. The summed E-state index contributed by atoms with van der Waals surface area (Å²) in [4.78, 5) is 20.8. The Morgan fingerprint density at radius 2 is 1.87 bits per heavy atom. The lowest BCUT2D eigenvalue weighted by Crippen LogP contribution is -2.43. The molecule has 1 atom stereocenters. The number of morpholine rings is 1. The van der Waals surface area contributed by atoms with Crippen molar-refractivity contribution in [1.29, 1.82) is 0 Å². The van der Waals surface area contributed by atoms with E-state index in [1.807, 2.05) is 49.4 Å². The van der Waals surface area contributed by atoms with Crippen LogP contribution in [0, 0.1) is 6.92 Å². The molecule has 0 spiro atoms. The molecule has 0 bridgehead atoms. The molecule has 0 aliphatic carbocycles. The van der Waals surface area contributed by atoms with Crippen molar-refractivity contribution in [1.82, 2.24) is 15.2 Å². The number of carbonyl (C=O) groups excluding carboxylic acids is 1. The quantitative estimate of drug-likeness (QED) is 0.608. The van der Waals surface area contributed by atoms with Gasteiger partial charge in [-0.3, -0.25) is 9.69 Å². The number of ether oxygens (including phenoxy) is 1. The van der Waals surface area contributed by atoms with Crippen LogP contribution in [0.25, 0.3) is 10.6 Å². The molecule has 1 aliphatic heterocycles. The number of carbonyl (C=O) groups is 1. The van der Waals surface area contributed by atoms with E-state index in [4.69, 9.17) is 16.3 Å². The van der Waals surface area contributed by atoms with E-state index in [0.29, 0.717) is 9.90 Å². The molecule has 0 unspecified atom stereocenters. The second-order valence-electron chi connectivity index (χ2n) is 7.29. The van der Waals surface area contributed by atoms with Crippen molar-refractivity contribution in [3.8, 4) is 10.6 Å². The molecule has 2 aromatic carbocycles. The summed E-state index contributed by atoms with van der Waals surface area (Å²) < 4.78 is 5.46. The Morgan fingerprint density at radius 3 is 2.57 bits per heavy atom. The summed E-state index contributed by atoms with van der Waals surface area (Å²) in [6.07, 6.45) is 0. The van der Waals surface area contributed by atoms with Gasteiger partial charge in [-0.2, -0.15) is 0 Å². The zero-order valence-electron chi connectivity index (χ0n) is 16.8. The minimum absolute atomic E-state index is 0.0904. The minimum Gasteiger partial charge on any atom is -0.379 e. The first-order chi connectivity index (χ1) is 14.6. The maximum absolute atomic E-state index is 13.2. The first kappa shape index (κ1) is 21.0. The van der Waals surface area contributed by atoms with Gasteiger partial charge >= 0.3 is 0 Å². The number of nitrogens with zero attached hydrogens (tertiary/aromatic N) is 2. The van der Waals surface area contributed by atoms with E-state index >= 15 is 0 Å².